The van der Waals surface area contributed by atoms with Gasteiger partial charge in [-0.2, -0.15) is 10.1 Å². The van der Waals surface area contributed by atoms with Crippen LogP contribution in [0.25, 0.3) is 22.2 Å². The SMILES string of the molecule is CC1(Cc2cc(-c3ccn[nH]3)cc3nc(N)nc(N)c23)CC1. The molecule has 6 heteroatoms. The number of anilines is 2. The van der Waals surface area contributed by atoms with E-state index in [-0.39, 0.29) is 5.95 Å². The van der Waals surface area contributed by atoms with E-state index in [1.54, 1.807) is 6.20 Å². The van der Waals surface area contributed by atoms with E-state index in [9.17, 15) is 0 Å². The Hall–Kier alpha value is -2.63. The summed E-state index contributed by atoms with van der Waals surface area (Å²) in [5.74, 6) is 0.660. The molecule has 2 aromatic heterocycles. The van der Waals surface area contributed by atoms with Crippen molar-refractivity contribution >= 4 is 22.7 Å². The lowest BCUT2D eigenvalue weighted by Gasteiger charge is -2.14. The monoisotopic (exact) mass is 294 g/mol. The highest BCUT2D eigenvalue weighted by atomic mass is 15.1. The standard InChI is InChI=1S/C16H18N6/c1-16(3-4-16)8-10-6-9(11-2-5-19-22-11)7-12-13(10)14(17)21-15(18)20-12/h2,5-7H,3-4,8H2,1H3,(H,19,22)(H4,17,18,20,21). The van der Waals surface area contributed by atoms with Gasteiger partial charge in [-0.15, -0.1) is 0 Å². The Bertz CT molecular complexity index is 849. The molecule has 6 nitrogen and oxygen atoms in total. The van der Waals surface area contributed by atoms with E-state index in [2.05, 4.69) is 33.2 Å². The fourth-order valence-electron chi connectivity index (χ4n) is 2.96. The lowest BCUT2D eigenvalue weighted by atomic mass is 9.93. The fraction of sp³-hybridized carbons (Fsp3) is 0.312. The first-order valence-electron chi connectivity index (χ1n) is 7.39. The van der Waals surface area contributed by atoms with Crippen molar-refractivity contribution in [3.8, 4) is 11.3 Å². The second-order valence-electron chi connectivity index (χ2n) is 6.45. The highest BCUT2D eigenvalue weighted by Gasteiger charge is 2.37. The first-order chi connectivity index (χ1) is 10.5. The molecule has 0 radical (unpaired) electrons. The van der Waals surface area contributed by atoms with Crippen molar-refractivity contribution in [1.29, 1.82) is 0 Å². The zero-order chi connectivity index (χ0) is 15.3. The van der Waals surface area contributed by atoms with Crippen molar-refractivity contribution in [1.82, 2.24) is 20.2 Å². The third-order valence-electron chi connectivity index (χ3n) is 4.46. The van der Waals surface area contributed by atoms with Crippen LogP contribution in [0, 0.1) is 5.41 Å². The predicted molar refractivity (Wildman–Crippen MR) is 87.0 cm³/mol. The number of nitrogens with two attached hydrogens (primary N) is 2. The molecule has 1 aliphatic carbocycles. The largest absolute Gasteiger partial charge is 0.383 e. The van der Waals surface area contributed by atoms with Crippen molar-refractivity contribution in [2.75, 3.05) is 11.5 Å². The number of aromatic nitrogens is 4. The highest BCUT2D eigenvalue weighted by molar-refractivity contribution is 5.95. The Morgan fingerprint density at radius 1 is 1.23 bits per heavy atom. The molecule has 1 saturated carbocycles. The van der Waals surface area contributed by atoms with E-state index >= 15 is 0 Å². The minimum absolute atomic E-state index is 0.204. The number of nitrogens with one attached hydrogen (secondary N) is 1. The molecule has 0 bridgehead atoms. The van der Waals surface area contributed by atoms with Gasteiger partial charge >= 0.3 is 0 Å². The van der Waals surface area contributed by atoms with Crippen LogP contribution < -0.4 is 11.5 Å². The second-order valence-corrected chi connectivity index (χ2v) is 6.45. The molecule has 22 heavy (non-hydrogen) atoms. The minimum Gasteiger partial charge on any atom is -0.383 e. The molecule has 0 atom stereocenters. The van der Waals surface area contributed by atoms with E-state index in [1.165, 1.54) is 18.4 Å². The summed E-state index contributed by atoms with van der Waals surface area (Å²) in [4.78, 5) is 8.50. The molecule has 0 amide bonds. The van der Waals surface area contributed by atoms with Gasteiger partial charge in [0.1, 0.15) is 5.82 Å². The highest BCUT2D eigenvalue weighted by Crippen LogP contribution is 2.49. The van der Waals surface area contributed by atoms with Crippen LogP contribution in [0.4, 0.5) is 11.8 Å². The summed E-state index contributed by atoms with van der Waals surface area (Å²) in [5, 5.41) is 7.94. The maximum Gasteiger partial charge on any atom is 0.222 e. The van der Waals surface area contributed by atoms with Gasteiger partial charge < -0.3 is 11.5 Å². The molecule has 1 fully saturated rings. The summed E-state index contributed by atoms with van der Waals surface area (Å²) in [7, 11) is 0. The third-order valence-corrected chi connectivity index (χ3v) is 4.46. The Kier molecular flexibility index (Phi) is 2.63. The normalized spacial score (nSPS) is 16.0. The number of H-pyrrole nitrogens is 1. The Balaban J connectivity index is 1.96. The topological polar surface area (TPSA) is 106 Å². The number of aromatic amines is 1. The van der Waals surface area contributed by atoms with Gasteiger partial charge in [-0.1, -0.05) is 6.92 Å². The van der Waals surface area contributed by atoms with Crippen LogP contribution in [-0.2, 0) is 6.42 Å². The van der Waals surface area contributed by atoms with Crippen LogP contribution in [0.15, 0.2) is 24.4 Å². The molecule has 112 valence electrons. The summed E-state index contributed by atoms with van der Waals surface area (Å²) in [6, 6.07) is 6.09. The number of fused-ring (bicyclic) bond motifs is 1. The van der Waals surface area contributed by atoms with E-state index in [4.69, 9.17) is 11.5 Å². The molecule has 5 N–H and O–H groups in total. The molecule has 2 heterocycles. The molecule has 1 aliphatic rings. The molecule has 0 saturated heterocycles. The van der Waals surface area contributed by atoms with Crippen molar-refractivity contribution in [3.63, 3.8) is 0 Å². The third kappa shape index (κ3) is 2.16. The number of hydrogen-bond donors (Lipinski definition) is 3. The second kappa shape index (κ2) is 4.43. The van der Waals surface area contributed by atoms with Crippen molar-refractivity contribution < 1.29 is 0 Å². The van der Waals surface area contributed by atoms with E-state index in [0.29, 0.717) is 11.2 Å². The lowest BCUT2D eigenvalue weighted by molar-refractivity contribution is 0.573. The van der Waals surface area contributed by atoms with Crippen LogP contribution in [0.1, 0.15) is 25.3 Å². The number of nitrogen functional groups attached to an aromatic ring is 2. The smallest absolute Gasteiger partial charge is 0.222 e. The quantitative estimate of drug-likeness (QED) is 0.688. The number of nitrogens with zero attached hydrogens (tertiary/aromatic N) is 3. The van der Waals surface area contributed by atoms with Gasteiger partial charge in [-0.25, -0.2) is 4.98 Å². The zero-order valence-corrected chi connectivity index (χ0v) is 12.4. The molecular formula is C16H18N6. The van der Waals surface area contributed by atoms with Crippen molar-refractivity contribution in [3.05, 3.63) is 30.0 Å². The van der Waals surface area contributed by atoms with Gasteiger partial charge in [-0.05, 0) is 48.4 Å². The number of benzene rings is 1. The molecular weight excluding hydrogens is 276 g/mol. The zero-order valence-electron chi connectivity index (χ0n) is 12.4. The van der Waals surface area contributed by atoms with Crippen molar-refractivity contribution in [2.24, 2.45) is 5.41 Å². The van der Waals surface area contributed by atoms with E-state index in [1.807, 2.05) is 12.1 Å². The summed E-state index contributed by atoms with van der Waals surface area (Å²) >= 11 is 0. The Morgan fingerprint density at radius 2 is 2.05 bits per heavy atom. The summed E-state index contributed by atoms with van der Waals surface area (Å²) in [5.41, 5.74) is 16.2. The van der Waals surface area contributed by atoms with Crippen LogP contribution in [0.5, 0.6) is 0 Å². The lowest BCUT2D eigenvalue weighted by Crippen LogP contribution is -2.06. The molecule has 3 aromatic rings. The molecule has 1 aromatic carbocycles. The summed E-state index contributed by atoms with van der Waals surface area (Å²) in [6.45, 7) is 2.30. The van der Waals surface area contributed by atoms with Crippen LogP contribution in [0.2, 0.25) is 0 Å². The van der Waals surface area contributed by atoms with Gasteiger partial charge in [0.15, 0.2) is 0 Å². The maximum atomic E-state index is 6.11. The summed E-state index contributed by atoms with van der Waals surface area (Å²) in [6.07, 6.45) is 5.21. The number of rotatable bonds is 3. The molecule has 4 rings (SSSR count). The average Bonchev–Trinajstić information content (AvgIpc) is 2.98. The first kappa shape index (κ1) is 13.1. The van der Waals surface area contributed by atoms with E-state index in [0.717, 1.165) is 28.6 Å². The first-order valence-corrected chi connectivity index (χ1v) is 7.39. The van der Waals surface area contributed by atoms with Gasteiger partial charge in [0.25, 0.3) is 0 Å². The van der Waals surface area contributed by atoms with E-state index < -0.39 is 0 Å². The van der Waals surface area contributed by atoms with Gasteiger partial charge in [-0.3, -0.25) is 5.10 Å². The van der Waals surface area contributed by atoms with Crippen LogP contribution in [-0.4, -0.2) is 20.2 Å². The van der Waals surface area contributed by atoms with Crippen molar-refractivity contribution in [2.45, 2.75) is 26.2 Å². The summed E-state index contributed by atoms with van der Waals surface area (Å²) < 4.78 is 0. The Labute approximate surface area is 128 Å². The predicted octanol–water partition coefficient (Wildman–Crippen LogP) is 2.53. The molecule has 0 unspecified atom stereocenters. The van der Waals surface area contributed by atoms with Gasteiger partial charge in [0, 0.05) is 17.1 Å². The molecule has 0 aliphatic heterocycles. The van der Waals surface area contributed by atoms with Gasteiger partial charge in [0.2, 0.25) is 5.95 Å². The van der Waals surface area contributed by atoms with Crippen LogP contribution >= 0.6 is 0 Å². The minimum atomic E-state index is 0.204. The molecule has 0 spiro atoms. The average molecular weight is 294 g/mol. The van der Waals surface area contributed by atoms with Crippen LogP contribution in [0.3, 0.4) is 0 Å². The maximum absolute atomic E-state index is 6.11. The Morgan fingerprint density at radius 3 is 2.73 bits per heavy atom. The number of hydrogen-bond acceptors (Lipinski definition) is 5. The van der Waals surface area contributed by atoms with Gasteiger partial charge in [0.05, 0.1) is 11.2 Å². The fourth-order valence-corrected chi connectivity index (χ4v) is 2.96.